The molecular weight excluding hydrogens is 250 g/mol. The van der Waals surface area contributed by atoms with Crippen LogP contribution in [0.4, 0.5) is 0 Å². The van der Waals surface area contributed by atoms with Crippen molar-refractivity contribution in [2.45, 2.75) is 31.1 Å². The van der Waals surface area contributed by atoms with E-state index in [1.807, 2.05) is 36.4 Å². The van der Waals surface area contributed by atoms with Crippen molar-refractivity contribution in [3.63, 3.8) is 0 Å². The number of benzene rings is 1. The SMILES string of the molecule is O=C(O)C1(c2ccncc2-c2ccccc2)CCCC1. The van der Waals surface area contributed by atoms with Gasteiger partial charge in [0.1, 0.15) is 0 Å². The van der Waals surface area contributed by atoms with Crippen molar-refractivity contribution in [2.24, 2.45) is 0 Å². The second-order valence-electron chi connectivity index (χ2n) is 5.38. The molecule has 0 radical (unpaired) electrons. The lowest BCUT2D eigenvalue weighted by atomic mass is 9.76. The molecule has 0 saturated heterocycles. The molecule has 1 aliphatic carbocycles. The van der Waals surface area contributed by atoms with Crippen LogP contribution in [0.25, 0.3) is 11.1 Å². The highest BCUT2D eigenvalue weighted by atomic mass is 16.4. The van der Waals surface area contributed by atoms with Gasteiger partial charge in [0.25, 0.3) is 0 Å². The van der Waals surface area contributed by atoms with Gasteiger partial charge in [-0.15, -0.1) is 0 Å². The van der Waals surface area contributed by atoms with E-state index >= 15 is 0 Å². The molecule has 3 heteroatoms. The molecule has 0 aliphatic heterocycles. The molecule has 0 bridgehead atoms. The minimum Gasteiger partial charge on any atom is -0.481 e. The average Bonchev–Trinajstić information content (AvgIpc) is 2.99. The summed E-state index contributed by atoms with van der Waals surface area (Å²) >= 11 is 0. The van der Waals surface area contributed by atoms with E-state index in [4.69, 9.17) is 0 Å². The minimum absolute atomic E-state index is 0.710. The van der Waals surface area contributed by atoms with Crippen LogP contribution in [0.5, 0.6) is 0 Å². The van der Waals surface area contributed by atoms with Crippen molar-refractivity contribution < 1.29 is 9.90 Å². The van der Waals surface area contributed by atoms with Gasteiger partial charge in [-0.3, -0.25) is 9.78 Å². The highest BCUT2D eigenvalue weighted by Gasteiger charge is 2.44. The lowest BCUT2D eigenvalue weighted by molar-refractivity contribution is -0.143. The Morgan fingerprint density at radius 2 is 1.80 bits per heavy atom. The molecule has 1 aromatic heterocycles. The second kappa shape index (κ2) is 5.08. The fourth-order valence-corrected chi connectivity index (χ4v) is 3.24. The van der Waals surface area contributed by atoms with Gasteiger partial charge >= 0.3 is 5.97 Å². The molecule has 0 spiro atoms. The van der Waals surface area contributed by atoms with E-state index < -0.39 is 11.4 Å². The summed E-state index contributed by atoms with van der Waals surface area (Å²) in [6.07, 6.45) is 6.86. The molecule has 3 rings (SSSR count). The van der Waals surface area contributed by atoms with E-state index in [-0.39, 0.29) is 0 Å². The summed E-state index contributed by atoms with van der Waals surface area (Å²) in [5.41, 5.74) is 2.14. The number of hydrogen-bond donors (Lipinski definition) is 1. The first kappa shape index (κ1) is 12.9. The lowest BCUT2D eigenvalue weighted by Crippen LogP contribution is -2.33. The molecule has 1 aliphatic rings. The van der Waals surface area contributed by atoms with Crippen LogP contribution in [-0.4, -0.2) is 16.1 Å². The van der Waals surface area contributed by atoms with Crippen LogP contribution >= 0.6 is 0 Å². The molecule has 0 unspecified atom stereocenters. The zero-order valence-electron chi connectivity index (χ0n) is 11.2. The van der Waals surface area contributed by atoms with Crippen LogP contribution in [0.15, 0.2) is 48.8 Å². The fourth-order valence-electron chi connectivity index (χ4n) is 3.24. The third kappa shape index (κ3) is 1.99. The number of hydrogen-bond acceptors (Lipinski definition) is 2. The third-order valence-electron chi connectivity index (χ3n) is 4.29. The molecule has 20 heavy (non-hydrogen) atoms. The van der Waals surface area contributed by atoms with E-state index in [0.29, 0.717) is 12.8 Å². The average molecular weight is 267 g/mol. The van der Waals surface area contributed by atoms with Crippen LogP contribution in [0.2, 0.25) is 0 Å². The first-order valence-corrected chi connectivity index (χ1v) is 6.97. The number of pyridine rings is 1. The smallest absolute Gasteiger partial charge is 0.314 e. The number of aromatic nitrogens is 1. The Kier molecular flexibility index (Phi) is 3.26. The first-order chi connectivity index (χ1) is 9.74. The Bertz CT molecular complexity index is 616. The minimum atomic E-state index is -0.742. The molecule has 1 fully saturated rings. The van der Waals surface area contributed by atoms with Crippen molar-refractivity contribution in [2.75, 3.05) is 0 Å². The predicted octanol–water partition coefficient (Wildman–Crippen LogP) is 3.65. The summed E-state index contributed by atoms with van der Waals surface area (Å²) < 4.78 is 0. The zero-order chi connectivity index (χ0) is 14.0. The normalized spacial score (nSPS) is 17.0. The van der Waals surface area contributed by atoms with Gasteiger partial charge in [-0.25, -0.2) is 0 Å². The van der Waals surface area contributed by atoms with Crippen LogP contribution in [0.3, 0.4) is 0 Å². The molecule has 1 heterocycles. The maximum Gasteiger partial charge on any atom is 0.314 e. The topological polar surface area (TPSA) is 50.2 Å². The van der Waals surface area contributed by atoms with Crippen LogP contribution < -0.4 is 0 Å². The van der Waals surface area contributed by atoms with Crippen LogP contribution in [0.1, 0.15) is 31.2 Å². The Labute approximate surface area is 118 Å². The molecule has 1 saturated carbocycles. The molecule has 0 amide bonds. The van der Waals surface area contributed by atoms with Crippen LogP contribution in [-0.2, 0) is 10.2 Å². The molecule has 0 atom stereocenters. The van der Waals surface area contributed by atoms with Crippen LogP contribution in [0, 0.1) is 0 Å². The molecule has 102 valence electrons. The van der Waals surface area contributed by atoms with E-state index in [1.165, 1.54) is 0 Å². The summed E-state index contributed by atoms with van der Waals surface area (Å²) in [6, 6.07) is 11.8. The van der Waals surface area contributed by atoms with Crippen molar-refractivity contribution in [1.82, 2.24) is 4.98 Å². The number of carbonyl (C=O) groups is 1. The number of nitrogens with zero attached hydrogens (tertiary/aromatic N) is 1. The first-order valence-electron chi connectivity index (χ1n) is 6.97. The summed E-state index contributed by atoms with van der Waals surface area (Å²) in [5, 5.41) is 9.77. The maximum atomic E-state index is 11.9. The highest BCUT2D eigenvalue weighted by Crippen LogP contribution is 2.44. The lowest BCUT2D eigenvalue weighted by Gasteiger charge is -2.26. The maximum absolute atomic E-state index is 11.9. The van der Waals surface area contributed by atoms with Crippen molar-refractivity contribution in [3.8, 4) is 11.1 Å². The second-order valence-corrected chi connectivity index (χ2v) is 5.38. The van der Waals surface area contributed by atoms with Gasteiger partial charge in [0.15, 0.2) is 0 Å². The summed E-state index contributed by atoms with van der Waals surface area (Å²) in [7, 11) is 0. The number of carboxylic acids is 1. The number of rotatable bonds is 3. The van der Waals surface area contributed by atoms with E-state index in [0.717, 1.165) is 29.5 Å². The molecule has 3 nitrogen and oxygen atoms in total. The van der Waals surface area contributed by atoms with Gasteiger partial charge in [0, 0.05) is 18.0 Å². The van der Waals surface area contributed by atoms with Crippen molar-refractivity contribution >= 4 is 5.97 Å². The zero-order valence-corrected chi connectivity index (χ0v) is 11.2. The van der Waals surface area contributed by atoms with Gasteiger partial charge < -0.3 is 5.11 Å². The summed E-state index contributed by atoms with van der Waals surface area (Å²) in [4.78, 5) is 16.1. The Hall–Kier alpha value is -2.16. The fraction of sp³-hybridized carbons (Fsp3) is 0.294. The standard InChI is InChI=1S/C17H17NO2/c19-16(20)17(9-4-5-10-17)15-8-11-18-12-14(15)13-6-2-1-3-7-13/h1-3,6-8,11-12H,4-5,9-10H2,(H,19,20). The largest absolute Gasteiger partial charge is 0.481 e. The van der Waals surface area contributed by atoms with Gasteiger partial charge in [0.2, 0.25) is 0 Å². The molecule has 1 aromatic carbocycles. The van der Waals surface area contributed by atoms with E-state index in [1.54, 1.807) is 12.4 Å². The summed E-state index contributed by atoms with van der Waals surface area (Å²) in [6.45, 7) is 0. The van der Waals surface area contributed by atoms with E-state index in [2.05, 4.69) is 4.98 Å². The highest BCUT2D eigenvalue weighted by molar-refractivity contribution is 5.85. The number of aliphatic carboxylic acids is 1. The quantitative estimate of drug-likeness (QED) is 0.923. The monoisotopic (exact) mass is 267 g/mol. The Morgan fingerprint density at radius 3 is 2.45 bits per heavy atom. The van der Waals surface area contributed by atoms with Crippen molar-refractivity contribution in [1.29, 1.82) is 0 Å². The number of carboxylic acid groups (broad SMARTS) is 1. The Balaban J connectivity index is 2.17. The van der Waals surface area contributed by atoms with Gasteiger partial charge in [-0.05, 0) is 30.0 Å². The third-order valence-corrected chi connectivity index (χ3v) is 4.29. The predicted molar refractivity (Wildman–Crippen MR) is 77.5 cm³/mol. The van der Waals surface area contributed by atoms with E-state index in [9.17, 15) is 9.90 Å². The Morgan fingerprint density at radius 1 is 1.10 bits per heavy atom. The summed E-state index contributed by atoms with van der Waals surface area (Å²) in [5.74, 6) is -0.710. The van der Waals surface area contributed by atoms with Crippen molar-refractivity contribution in [3.05, 3.63) is 54.4 Å². The van der Waals surface area contributed by atoms with Gasteiger partial charge in [0.05, 0.1) is 5.41 Å². The molecule has 2 aromatic rings. The molecular formula is C17H17NO2. The molecule has 1 N–H and O–H groups in total. The van der Waals surface area contributed by atoms with Gasteiger partial charge in [-0.2, -0.15) is 0 Å². The van der Waals surface area contributed by atoms with Gasteiger partial charge in [-0.1, -0.05) is 43.2 Å².